The van der Waals surface area contributed by atoms with E-state index in [1.165, 1.54) is 24.3 Å². The van der Waals surface area contributed by atoms with Crippen LogP contribution in [0, 0.1) is 5.82 Å². The Labute approximate surface area is 170 Å². The lowest BCUT2D eigenvalue weighted by atomic mass is 10.1. The molecule has 0 aromatic heterocycles. The van der Waals surface area contributed by atoms with Crippen LogP contribution in [0.5, 0.6) is 5.75 Å². The van der Waals surface area contributed by atoms with Crippen LogP contribution in [-0.4, -0.2) is 55.5 Å². The fourth-order valence-electron chi connectivity index (χ4n) is 3.30. The van der Waals surface area contributed by atoms with Crippen LogP contribution in [0.4, 0.5) is 10.1 Å². The van der Waals surface area contributed by atoms with Gasteiger partial charge in [-0.15, -0.1) is 0 Å². The normalized spacial score (nSPS) is 14.7. The van der Waals surface area contributed by atoms with Crippen molar-refractivity contribution in [3.8, 4) is 5.75 Å². The molecule has 0 radical (unpaired) electrons. The van der Waals surface area contributed by atoms with Crippen molar-refractivity contribution in [3.05, 3.63) is 59.9 Å². The summed E-state index contributed by atoms with van der Waals surface area (Å²) >= 11 is 0. The third-order valence-corrected chi connectivity index (χ3v) is 4.77. The molecule has 1 heterocycles. The van der Waals surface area contributed by atoms with Gasteiger partial charge in [-0.1, -0.05) is 0 Å². The van der Waals surface area contributed by atoms with Crippen molar-refractivity contribution in [1.82, 2.24) is 4.90 Å². The van der Waals surface area contributed by atoms with Crippen LogP contribution in [0.25, 0.3) is 0 Å². The number of anilines is 1. The van der Waals surface area contributed by atoms with Gasteiger partial charge in [-0.25, -0.2) is 4.39 Å². The van der Waals surface area contributed by atoms with E-state index in [1.807, 2.05) is 30.9 Å². The Hall–Kier alpha value is -2.93. The van der Waals surface area contributed by atoms with Gasteiger partial charge in [-0.2, -0.15) is 0 Å². The van der Waals surface area contributed by atoms with Crippen LogP contribution >= 0.6 is 0 Å². The monoisotopic (exact) mass is 400 g/mol. The van der Waals surface area contributed by atoms with E-state index in [9.17, 15) is 14.0 Å². The second-order valence-corrected chi connectivity index (χ2v) is 7.47. The van der Waals surface area contributed by atoms with Gasteiger partial charge >= 0.3 is 0 Å². The first-order valence-electron chi connectivity index (χ1n) is 9.85. The fourth-order valence-corrected chi connectivity index (χ4v) is 3.30. The quantitative estimate of drug-likeness (QED) is 0.774. The molecule has 3 rings (SSSR count). The lowest BCUT2D eigenvalue weighted by Crippen LogP contribution is -3.15. The highest BCUT2D eigenvalue weighted by atomic mass is 19.1. The number of carbonyl (C=O) groups is 2. The Morgan fingerprint density at radius 1 is 1.07 bits per heavy atom. The first-order valence-corrected chi connectivity index (χ1v) is 9.85. The van der Waals surface area contributed by atoms with Gasteiger partial charge in [-0.3, -0.25) is 9.59 Å². The Kier molecular flexibility index (Phi) is 6.82. The average molecular weight is 400 g/mol. The van der Waals surface area contributed by atoms with Crippen molar-refractivity contribution in [2.75, 3.05) is 38.0 Å². The summed E-state index contributed by atoms with van der Waals surface area (Å²) in [6.45, 7) is 6.85. The second-order valence-electron chi connectivity index (χ2n) is 7.47. The maximum atomic E-state index is 12.9. The number of hydrogen-bond donors (Lipinski definition) is 2. The van der Waals surface area contributed by atoms with E-state index in [0.717, 1.165) is 10.6 Å². The molecule has 7 heteroatoms. The molecule has 1 fully saturated rings. The molecule has 6 nitrogen and oxygen atoms in total. The van der Waals surface area contributed by atoms with E-state index in [-0.39, 0.29) is 23.7 Å². The minimum atomic E-state index is -0.337. The Morgan fingerprint density at radius 2 is 1.69 bits per heavy atom. The van der Waals surface area contributed by atoms with Gasteiger partial charge in [0.15, 0.2) is 6.54 Å². The zero-order valence-corrected chi connectivity index (χ0v) is 16.8. The highest BCUT2D eigenvalue weighted by Crippen LogP contribution is 2.15. The van der Waals surface area contributed by atoms with Gasteiger partial charge in [0, 0.05) is 11.3 Å². The SMILES string of the molecule is CC(C)Oc1ccc(C(=O)N2CC[NH+](CC(=O)Nc3ccc(F)cc3)CC2)cc1. The summed E-state index contributed by atoms with van der Waals surface area (Å²) in [4.78, 5) is 27.8. The van der Waals surface area contributed by atoms with E-state index in [0.29, 0.717) is 44.0 Å². The van der Waals surface area contributed by atoms with Crippen LogP contribution in [-0.2, 0) is 4.79 Å². The molecule has 2 aromatic carbocycles. The lowest BCUT2D eigenvalue weighted by molar-refractivity contribution is -0.895. The molecule has 1 aliphatic heterocycles. The Bertz CT molecular complexity index is 829. The summed E-state index contributed by atoms with van der Waals surface area (Å²) in [7, 11) is 0. The first kappa shape index (κ1) is 20.8. The number of quaternary nitrogens is 1. The molecule has 0 saturated carbocycles. The predicted molar refractivity (Wildman–Crippen MR) is 109 cm³/mol. The average Bonchev–Trinajstić information content (AvgIpc) is 2.70. The van der Waals surface area contributed by atoms with E-state index in [2.05, 4.69) is 5.32 Å². The maximum Gasteiger partial charge on any atom is 0.279 e. The molecular formula is C22H27FN3O3+. The third-order valence-electron chi connectivity index (χ3n) is 4.77. The molecule has 1 aliphatic rings. The molecule has 0 atom stereocenters. The topological polar surface area (TPSA) is 63.1 Å². The fraction of sp³-hybridized carbons (Fsp3) is 0.364. The summed E-state index contributed by atoms with van der Waals surface area (Å²) in [6.07, 6.45) is 0.0906. The Balaban J connectivity index is 1.46. The van der Waals surface area contributed by atoms with E-state index >= 15 is 0 Å². The van der Waals surface area contributed by atoms with Crippen molar-refractivity contribution in [1.29, 1.82) is 0 Å². The van der Waals surface area contributed by atoms with Crippen molar-refractivity contribution >= 4 is 17.5 Å². The van der Waals surface area contributed by atoms with Crippen LogP contribution in [0.15, 0.2) is 48.5 Å². The Morgan fingerprint density at radius 3 is 2.28 bits per heavy atom. The summed E-state index contributed by atoms with van der Waals surface area (Å²) in [6, 6.07) is 12.9. The van der Waals surface area contributed by atoms with E-state index < -0.39 is 0 Å². The standard InChI is InChI=1S/C22H26FN3O3/c1-16(2)29-20-9-3-17(4-10-20)22(28)26-13-11-25(12-14-26)15-21(27)24-19-7-5-18(23)6-8-19/h3-10,16H,11-15H2,1-2H3,(H,24,27)/p+1. The molecule has 0 spiro atoms. The van der Waals surface area contributed by atoms with Crippen LogP contribution in [0.2, 0.25) is 0 Å². The number of benzene rings is 2. The number of carbonyl (C=O) groups excluding carboxylic acids is 2. The number of halogens is 1. The molecule has 29 heavy (non-hydrogen) atoms. The van der Waals surface area contributed by atoms with Gasteiger partial charge in [-0.05, 0) is 62.4 Å². The van der Waals surface area contributed by atoms with Gasteiger partial charge in [0.2, 0.25) is 0 Å². The lowest BCUT2D eigenvalue weighted by Gasteiger charge is -2.32. The van der Waals surface area contributed by atoms with Crippen LogP contribution in [0.1, 0.15) is 24.2 Å². The molecule has 1 saturated heterocycles. The molecular weight excluding hydrogens is 373 g/mol. The van der Waals surface area contributed by atoms with Crippen molar-refractivity contribution in [2.24, 2.45) is 0 Å². The number of hydrogen-bond acceptors (Lipinski definition) is 3. The van der Waals surface area contributed by atoms with E-state index in [4.69, 9.17) is 4.74 Å². The summed E-state index contributed by atoms with van der Waals surface area (Å²) in [5, 5.41) is 2.78. The number of ether oxygens (including phenoxy) is 1. The van der Waals surface area contributed by atoms with Gasteiger partial charge in [0.25, 0.3) is 11.8 Å². The third kappa shape index (κ3) is 6.02. The number of nitrogens with one attached hydrogen (secondary N) is 2. The smallest absolute Gasteiger partial charge is 0.279 e. The van der Waals surface area contributed by atoms with Gasteiger partial charge in [0.1, 0.15) is 11.6 Å². The molecule has 0 bridgehead atoms. The van der Waals surface area contributed by atoms with Crippen LogP contribution < -0.4 is 15.0 Å². The maximum absolute atomic E-state index is 12.9. The summed E-state index contributed by atoms with van der Waals surface area (Å²) in [5.74, 6) is 0.289. The molecule has 2 N–H and O–H groups in total. The predicted octanol–water partition coefficient (Wildman–Crippen LogP) is 1.59. The van der Waals surface area contributed by atoms with Gasteiger partial charge in [0.05, 0.1) is 32.3 Å². The second kappa shape index (κ2) is 9.52. The van der Waals surface area contributed by atoms with Crippen molar-refractivity contribution in [2.45, 2.75) is 20.0 Å². The largest absolute Gasteiger partial charge is 0.491 e. The summed E-state index contributed by atoms with van der Waals surface area (Å²) in [5.41, 5.74) is 1.22. The molecule has 2 aromatic rings. The minimum absolute atomic E-state index is 0.00379. The number of nitrogens with zero attached hydrogens (tertiary/aromatic N) is 1. The van der Waals surface area contributed by atoms with Crippen LogP contribution in [0.3, 0.4) is 0 Å². The number of piperazine rings is 1. The number of rotatable bonds is 6. The summed E-state index contributed by atoms with van der Waals surface area (Å²) < 4.78 is 18.5. The molecule has 2 amide bonds. The van der Waals surface area contributed by atoms with Crippen molar-refractivity contribution in [3.63, 3.8) is 0 Å². The highest BCUT2D eigenvalue weighted by Gasteiger charge is 2.26. The molecule has 154 valence electrons. The van der Waals surface area contributed by atoms with Crippen molar-refractivity contribution < 1.29 is 23.6 Å². The number of amides is 2. The first-order chi connectivity index (χ1) is 13.9. The zero-order chi connectivity index (χ0) is 20.8. The van der Waals surface area contributed by atoms with E-state index in [1.54, 1.807) is 12.1 Å². The minimum Gasteiger partial charge on any atom is -0.491 e. The zero-order valence-electron chi connectivity index (χ0n) is 16.8. The molecule has 0 unspecified atom stereocenters. The highest BCUT2D eigenvalue weighted by molar-refractivity contribution is 5.94. The van der Waals surface area contributed by atoms with Gasteiger partial charge < -0.3 is 19.9 Å². The molecule has 0 aliphatic carbocycles.